The van der Waals surface area contributed by atoms with Crippen LogP contribution in [-0.2, 0) is 0 Å². The van der Waals surface area contributed by atoms with E-state index in [4.69, 9.17) is 9.26 Å². The second-order valence-electron chi connectivity index (χ2n) is 7.06. The second kappa shape index (κ2) is 8.57. The van der Waals surface area contributed by atoms with E-state index in [0.29, 0.717) is 17.8 Å². The van der Waals surface area contributed by atoms with Gasteiger partial charge in [-0.05, 0) is 51.0 Å². The molecular formula is C21H28N2O4. The fraction of sp³-hybridized carbons (Fsp3) is 0.524. The van der Waals surface area contributed by atoms with E-state index >= 15 is 0 Å². The number of hydrogen-bond acceptors (Lipinski definition) is 5. The molecule has 1 atom stereocenters. The molecular weight excluding hydrogens is 344 g/mol. The predicted molar refractivity (Wildman–Crippen MR) is 103 cm³/mol. The minimum atomic E-state index is -0.864. The minimum absolute atomic E-state index is 0.142. The number of methoxy groups -OCH3 is 1. The quantitative estimate of drug-likeness (QED) is 0.822. The molecule has 1 heterocycles. The first-order chi connectivity index (χ1) is 13.1. The van der Waals surface area contributed by atoms with Crippen LogP contribution in [0, 0.1) is 0 Å². The summed E-state index contributed by atoms with van der Waals surface area (Å²) in [5.74, 6) is 0.683. The molecule has 1 saturated carbocycles. The van der Waals surface area contributed by atoms with Gasteiger partial charge in [0.15, 0.2) is 0 Å². The van der Waals surface area contributed by atoms with Gasteiger partial charge in [0.1, 0.15) is 11.4 Å². The normalized spacial score (nSPS) is 16.1. The molecule has 0 spiro atoms. The summed E-state index contributed by atoms with van der Waals surface area (Å²) in [5, 5.41) is 14.5. The Morgan fingerprint density at radius 2 is 1.96 bits per heavy atom. The molecule has 0 radical (unpaired) electrons. The molecule has 1 N–H and O–H groups in total. The lowest BCUT2D eigenvalue weighted by atomic mass is 9.93. The maximum Gasteiger partial charge on any atom is 0.293 e. The van der Waals surface area contributed by atoms with Crippen molar-refractivity contribution in [3.63, 3.8) is 0 Å². The SMILES string of the molecule is CCN(C(=O)c1onc(-c2ccc(OC)cc2)c1C(C)O)C1CCCCC1. The van der Waals surface area contributed by atoms with Crippen molar-refractivity contribution in [3.8, 4) is 17.0 Å². The summed E-state index contributed by atoms with van der Waals surface area (Å²) < 4.78 is 10.7. The van der Waals surface area contributed by atoms with Gasteiger partial charge in [-0.25, -0.2) is 0 Å². The van der Waals surface area contributed by atoms with Crippen molar-refractivity contribution in [2.75, 3.05) is 13.7 Å². The Morgan fingerprint density at radius 1 is 1.30 bits per heavy atom. The van der Waals surface area contributed by atoms with Crippen LogP contribution >= 0.6 is 0 Å². The van der Waals surface area contributed by atoms with Crippen molar-refractivity contribution in [3.05, 3.63) is 35.6 Å². The number of hydrogen-bond donors (Lipinski definition) is 1. The van der Waals surface area contributed by atoms with Crippen LogP contribution in [0.1, 0.15) is 68.2 Å². The predicted octanol–water partition coefficient (Wildman–Crippen LogP) is 4.20. The summed E-state index contributed by atoms with van der Waals surface area (Å²) in [6, 6.07) is 7.55. The van der Waals surface area contributed by atoms with Crippen molar-refractivity contribution in [2.24, 2.45) is 0 Å². The van der Waals surface area contributed by atoms with E-state index in [1.54, 1.807) is 14.0 Å². The van der Waals surface area contributed by atoms with Crippen molar-refractivity contribution >= 4 is 5.91 Å². The standard InChI is InChI=1S/C21H28N2O4/c1-4-23(16-8-6-5-7-9-16)21(25)20-18(14(2)24)19(22-27-20)15-10-12-17(26-3)13-11-15/h10-14,16,24H,4-9H2,1-3H3. The molecule has 1 aliphatic rings. The molecule has 6 heteroatoms. The number of benzene rings is 1. The molecule has 6 nitrogen and oxygen atoms in total. The number of carbonyl (C=O) groups is 1. The third-order valence-corrected chi connectivity index (χ3v) is 5.32. The Morgan fingerprint density at radius 3 is 2.52 bits per heavy atom. The number of ether oxygens (including phenoxy) is 1. The van der Waals surface area contributed by atoms with Gasteiger partial charge in [-0.1, -0.05) is 24.4 Å². The zero-order valence-electron chi connectivity index (χ0n) is 16.3. The van der Waals surface area contributed by atoms with Gasteiger partial charge in [0, 0.05) is 18.2 Å². The maximum atomic E-state index is 13.2. The van der Waals surface area contributed by atoms with E-state index in [-0.39, 0.29) is 17.7 Å². The molecule has 0 saturated heterocycles. The van der Waals surface area contributed by atoms with Crippen LogP contribution in [0.25, 0.3) is 11.3 Å². The van der Waals surface area contributed by atoms with Crippen LogP contribution < -0.4 is 4.74 Å². The van der Waals surface area contributed by atoms with Gasteiger partial charge in [-0.3, -0.25) is 4.79 Å². The zero-order chi connectivity index (χ0) is 19.4. The van der Waals surface area contributed by atoms with Crippen molar-refractivity contribution in [2.45, 2.75) is 58.1 Å². The molecule has 1 aromatic heterocycles. The first-order valence-electron chi connectivity index (χ1n) is 9.69. The minimum Gasteiger partial charge on any atom is -0.497 e. The number of aliphatic hydroxyl groups is 1. The third-order valence-electron chi connectivity index (χ3n) is 5.32. The summed E-state index contributed by atoms with van der Waals surface area (Å²) in [6.45, 7) is 4.23. The number of aromatic nitrogens is 1. The lowest BCUT2D eigenvalue weighted by Gasteiger charge is -2.33. The lowest BCUT2D eigenvalue weighted by Crippen LogP contribution is -2.41. The highest BCUT2D eigenvalue weighted by atomic mass is 16.5. The van der Waals surface area contributed by atoms with Gasteiger partial charge in [-0.15, -0.1) is 0 Å². The van der Waals surface area contributed by atoms with Crippen LogP contribution in [0.4, 0.5) is 0 Å². The molecule has 0 bridgehead atoms. The summed E-state index contributed by atoms with van der Waals surface area (Å²) >= 11 is 0. The van der Waals surface area contributed by atoms with Gasteiger partial charge in [-0.2, -0.15) is 0 Å². The summed E-state index contributed by atoms with van der Waals surface area (Å²) in [5.41, 5.74) is 1.71. The van der Waals surface area contributed by atoms with Crippen LogP contribution in [0.15, 0.2) is 28.8 Å². The van der Waals surface area contributed by atoms with Gasteiger partial charge < -0.3 is 19.3 Å². The van der Waals surface area contributed by atoms with Crippen LogP contribution in [0.3, 0.4) is 0 Å². The highest BCUT2D eigenvalue weighted by Crippen LogP contribution is 2.33. The Labute approximate surface area is 160 Å². The van der Waals surface area contributed by atoms with Gasteiger partial charge in [0.05, 0.1) is 18.8 Å². The fourth-order valence-electron chi connectivity index (χ4n) is 3.89. The van der Waals surface area contributed by atoms with E-state index in [9.17, 15) is 9.90 Å². The van der Waals surface area contributed by atoms with E-state index < -0.39 is 6.10 Å². The molecule has 1 fully saturated rings. The fourth-order valence-corrected chi connectivity index (χ4v) is 3.89. The van der Waals surface area contributed by atoms with Crippen LogP contribution in [-0.4, -0.2) is 40.8 Å². The lowest BCUT2D eigenvalue weighted by molar-refractivity contribution is 0.0598. The number of amides is 1. The summed E-state index contributed by atoms with van der Waals surface area (Å²) in [6.07, 6.45) is 4.69. The molecule has 146 valence electrons. The Hall–Kier alpha value is -2.34. The molecule has 1 aromatic carbocycles. The molecule has 0 aliphatic heterocycles. The Balaban J connectivity index is 1.94. The van der Waals surface area contributed by atoms with Gasteiger partial charge in [0.25, 0.3) is 5.91 Å². The number of rotatable bonds is 6. The first kappa shape index (κ1) is 19.4. The highest BCUT2D eigenvalue weighted by Gasteiger charge is 2.32. The molecule has 1 aliphatic carbocycles. The molecule has 3 rings (SSSR count). The van der Waals surface area contributed by atoms with Crippen LogP contribution in [0.2, 0.25) is 0 Å². The van der Waals surface area contributed by atoms with E-state index in [1.165, 1.54) is 6.42 Å². The third kappa shape index (κ3) is 4.00. The van der Waals surface area contributed by atoms with E-state index in [0.717, 1.165) is 37.0 Å². The molecule has 2 aromatic rings. The number of carbonyl (C=O) groups excluding carboxylic acids is 1. The van der Waals surface area contributed by atoms with Crippen molar-refractivity contribution < 1.29 is 19.2 Å². The number of aliphatic hydroxyl groups excluding tert-OH is 1. The highest BCUT2D eigenvalue weighted by molar-refractivity contribution is 5.95. The average molecular weight is 372 g/mol. The zero-order valence-corrected chi connectivity index (χ0v) is 16.3. The van der Waals surface area contributed by atoms with E-state index in [2.05, 4.69) is 5.16 Å². The summed E-state index contributed by atoms with van der Waals surface area (Å²) in [7, 11) is 1.60. The smallest absolute Gasteiger partial charge is 0.293 e. The van der Waals surface area contributed by atoms with Crippen LogP contribution in [0.5, 0.6) is 5.75 Å². The second-order valence-corrected chi connectivity index (χ2v) is 7.06. The van der Waals surface area contributed by atoms with E-state index in [1.807, 2.05) is 36.1 Å². The Kier molecular flexibility index (Phi) is 6.16. The first-order valence-corrected chi connectivity index (χ1v) is 9.69. The molecule has 27 heavy (non-hydrogen) atoms. The largest absolute Gasteiger partial charge is 0.497 e. The topological polar surface area (TPSA) is 75.8 Å². The maximum absolute atomic E-state index is 13.2. The molecule has 1 unspecified atom stereocenters. The monoisotopic (exact) mass is 372 g/mol. The average Bonchev–Trinajstić information content (AvgIpc) is 3.15. The van der Waals surface area contributed by atoms with Gasteiger partial charge in [0.2, 0.25) is 5.76 Å². The summed E-state index contributed by atoms with van der Waals surface area (Å²) in [4.78, 5) is 15.1. The number of nitrogens with zero attached hydrogens (tertiary/aromatic N) is 2. The Bertz CT molecular complexity index is 761. The molecule has 1 amide bonds. The van der Waals surface area contributed by atoms with Crippen molar-refractivity contribution in [1.82, 2.24) is 10.1 Å². The van der Waals surface area contributed by atoms with Crippen molar-refractivity contribution in [1.29, 1.82) is 0 Å². The van der Waals surface area contributed by atoms with Gasteiger partial charge >= 0.3 is 0 Å².